The number of ether oxygens (including phenoxy) is 1. The van der Waals surface area contributed by atoms with Crippen molar-refractivity contribution in [3.8, 4) is 0 Å². The summed E-state index contributed by atoms with van der Waals surface area (Å²) in [5.74, 6) is -0.0535. The van der Waals surface area contributed by atoms with Crippen molar-refractivity contribution in [1.29, 1.82) is 0 Å². The summed E-state index contributed by atoms with van der Waals surface area (Å²) >= 11 is 1.69. The largest absolute Gasteiger partial charge is 0.466 e. The Bertz CT molecular complexity index is 636. The van der Waals surface area contributed by atoms with E-state index < -0.39 is 0 Å². The Morgan fingerprint density at radius 2 is 2.37 bits per heavy atom. The molecular formula is C14H16N2O2S. The highest BCUT2D eigenvalue weighted by atomic mass is 32.1. The Morgan fingerprint density at radius 3 is 3.16 bits per heavy atom. The first-order valence-electron chi connectivity index (χ1n) is 6.59. The molecule has 2 aromatic heterocycles. The molecule has 0 spiro atoms. The average molecular weight is 276 g/mol. The summed E-state index contributed by atoms with van der Waals surface area (Å²) in [6.07, 6.45) is 4.19. The molecule has 0 N–H and O–H groups in total. The van der Waals surface area contributed by atoms with Gasteiger partial charge in [-0.25, -0.2) is 9.97 Å². The van der Waals surface area contributed by atoms with E-state index in [-0.39, 0.29) is 11.9 Å². The molecule has 100 valence electrons. The van der Waals surface area contributed by atoms with E-state index >= 15 is 0 Å². The number of fused-ring (bicyclic) bond motifs is 3. The van der Waals surface area contributed by atoms with Crippen LogP contribution >= 0.6 is 11.3 Å². The number of hydrogen-bond acceptors (Lipinski definition) is 5. The fourth-order valence-electron chi connectivity index (χ4n) is 2.73. The van der Waals surface area contributed by atoms with Crippen LogP contribution in [0.1, 0.15) is 29.5 Å². The number of hydrogen-bond donors (Lipinski definition) is 0. The summed E-state index contributed by atoms with van der Waals surface area (Å²) in [4.78, 5) is 22.8. The normalized spacial score (nSPS) is 18.3. The van der Waals surface area contributed by atoms with Crippen molar-refractivity contribution >= 4 is 27.5 Å². The highest BCUT2D eigenvalue weighted by molar-refractivity contribution is 7.18. The molecule has 0 bridgehead atoms. The van der Waals surface area contributed by atoms with Crippen molar-refractivity contribution < 1.29 is 9.53 Å². The fraction of sp³-hybridized carbons (Fsp3) is 0.500. The molecule has 2 aromatic rings. The zero-order valence-electron chi connectivity index (χ0n) is 11.1. The van der Waals surface area contributed by atoms with E-state index in [0.29, 0.717) is 6.61 Å². The molecule has 0 amide bonds. The molecule has 0 aromatic carbocycles. The first kappa shape index (κ1) is 12.5. The van der Waals surface area contributed by atoms with Crippen molar-refractivity contribution in [2.24, 2.45) is 5.92 Å². The number of carbonyl (C=O) groups is 1. The second-order valence-electron chi connectivity index (χ2n) is 4.83. The molecule has 0 fully saturated rings. The van der Waals surface area contributed by atoms with E-state index in [0.717, 1.165) is 29.8 Å². The highest BCUT2D eigenvalue weighted by Crippen LogP contribution is 2.38. The number of aryl methyl sites for hydroxylation is 2. The van der Waals surface area contributed by atoms with Crippen molar-refractivity contribution in [1.82, 2.24) is 9.97 Å². The first-order valence-corrected chi connectivity index (χ1v) is 7.40. The molecule has 0 unspecified atom stereocenters. The molecule has 0 aliphatic heterocycles. The van der Waals surface area contributed by atoms with Gasteiger partial charge in [-0.05, 0) is 38.7 Å². The lowest BCUT2D eigenvalue weighted by molar-refractivity contribution is -0.148. The van der Waals surface area contributed by atoms with E-state index in [1.165, 1.54) is 15.8 Å². The molecule has 2 heterocycles. The maximum Gasteiger partial charge on any atom is 0.309 e. The van der Waals surface area contributed by atoms with Crippen LogP contribution in [0, 0.1) is 12.8 Å². The Hall–Kier alpha value is -1.49. The minimum atomic E-state index is -0.0617. The van der Waals surface area contributed by atoms with Gasteiger partial charge in [0.05, 0.1) is 12.5 Å². The number of esters is 1. The molecule has 0 radical (unpaired) electrons. The fourth-order valence-corrected chi connectivity index (χ4v) is 4.05. The van der Waals surface area contributed by atoms with Crippen molar-refractivity contribution in [2.45, 2.75) is 33.1 Å². The summed E-state index contributed by atoms with van der Waals surface area (Å²) in [5.41, 5.74) is 2.38. The average Bonchev–Trinajstić information content (AvgIpc) is 2.77. The van der Waals surface area contributed by atoms with E-state index in [2.05, 4.69) is 9.97 Å². The van der Waals surface area contributed by atoms with Crippen LogP contribution in [0.2, 0.25) is 0 Å². The van der Waals surface area contributed by atoms with Gasteiger partial charge in [-0.1, -0.05) is 0 Å². The van der Waals surface area contributed by atoms with Gasteiger partial charge >= 0.3 is 5.97 Å². The molecule has 19 heavy (non-hydrogen) atoms. The molecule has 4 nitrogen and oxygen atoms in total. The molecule has 1 aliphatic rings. The van der Waals surface area contributed by atoms with E-state index in [1.54, 1.807) is 17.7 Å². The topological polar surface area (TPSA) is 52.1 Å². The smallest absolute Gasteiger partial charge is 0.309 e. The minimum absolute atomic E-state index is 0.00813. The van der Waals surface area contributed by atoms with Gasteiger partial charge in [-0.3, -0.25) is 4.79 Å². The predicted molar refractivity (Wildman–Crippen MR) is 74.3 cm³/mol. The predicted octanol–water partition coefficient (Wildman–Crippen LogP) is 2.67. The van der Waals surface area contributed by atoms with Crippen LogP contribution in [0.5, 0.6) is 0 Å². The van der Waals surface area contributed by atoms with Crippen molar-refractivity contribution in [3.05, 3.63) is 22.5 Å². The number of rotatable bonds is 2. The van der Waals surface area contributed by atoms with Gasteiger partial charge in [0.1, 0.15) is 11.2 Å². The minimum Gasteiger partial charge on any atom is -0.466 e. The van der Waals surface area contributed by atoms with Crippen LogP contribution in [0.3, 0.4) is 0 Å². The summed E-state index contributed by atoms with van der Waals surface area (Å²) < 4.78 is 5.13. The Labute approximate surface area is 115 Å². The zero-order chi connectivity index (χ0) is 13.4. The van der Waals surface area contributed by atoms with Crippen LogP contribution in [-0.2, 0) is 22.4 Å². The lowest BCUT2D eigenvalue weighted by atomic mass is 9.87. The molecule has 1 aliphatic carbocycles. The highest BCUT2D eigenvalue weighted by Gasteiger charge is 2.29. The molecule has 5 heteroatoms. The van der Waals surface area contributed by atoms with Gasteiger partial charge < -0.3 is 4.74 Å². The monoisotopic (exact) mass is 276 g/mol. The molecule has 0 saturated carbocycles. The first-order chi connectivity index (χ1) is 9.20. The molecular weight excluding hydrogens is 260 g/mol. The van der Waals surface area contributed by atoms with Gasteiger partial charge in [0.15, 0.2) is 0 Å². The zero-order valence-corrected chi connectivity index (χ0v) is 11.9. The molecule has 3 rings (SSSR count). The Morgan fingerprint density at radius 1 is 1.53 bits per heavy atom. The van der Waals surface area contributed by atoms with Crippen LogP contribution in [0.15, 0.2) is 6.33 Å². The van der Waals surface area contributed by atoms with Gasteiger partial charge in [0.2, 0.25) is 0 Å². The van der Waals surface area contributed by atoms with Gasteiger partial charge in [-0.15, -0.1) is 11.3 Å². The van der Waals surface area contributed by atoms with Gasteiger partial charge in [-0.2, -0.15) is 0 Å². The van der Waals surface area contributed by atoms with Crippen LogP contribution < -0.4 is 0 Å². The summed E-state index contributed by atoms with van der Waals surface area (Å²) in [5, 5.41) is 1.20. The van der Waals surface area contributed by atoms with Crippen LogP contribution in [0.4, 0.5) is 0 Å². The SMILES string of the molecule is CCOC(=O)[C@H]1CCc2c(sc3ncnc(C)c23)C1. The van der Waals surface area contributed by atoms with Crippen LogP contribution in [-0.4, -0.2) is 22.5 Å². The summed E-state index contributed by atoms with van der Waals surface area (Å²) in [7, 11) is 0. The number of aromatic nitrogens is 2. The van der Waals surface area contributed by atoms with Gasteiger partial charge in [0.25, 0.3) is 0 Å². The third-order valence-electron chi connectivity index (χ3n) is 3.65. The standard InChI is InChI=1S/C14H16N2O2S/c1-3-18-14(17)9-4-5-10-11(6-9)19-13-12(10)8(2)15-7-16-13/h7,9H,3-6H2,1-2H3/t9-/m0/s1. The Kier molecular flexibility index (Phi) is 3.22. The second-order valence-corrected chi connectivity index (χ2v) is 5.92. The van der Waals surface area contributed by atoms with Crippen molar-refractivity contribution in [2.75, 3.05) is 6.61 Å². The lowest BCUT2D eigenvalue weighted by Crippen LogP contribution is -2.23. The molecule has 1 atom stereocenters. The summed E-state index contributed by atoms with van der Waals surface area (Å²) in [6, 6.07) is 0. The molecule has 0 saturated heterocycles. The maximum atomic E-state index is 11.8. The third kappa shape index (κ3) is 2.12. The van der Waals surface area contributed by atoms with Crippen molar-refractivity contribution in [3.63, 3.8) is 0 Å². The number of carbonyl (C=O) groups excluding carboxylic acids is 1. The lowest BCUT2D eigenvalue weighted by Gasteiger charge is -2.20. The van der Waals surface area contributed by atoms with Crippen LogP contribution in [0.25, 0.3) is 10.2 Å². The number of nitrogens with zero attached hydrogens (tertiary/aromatic N) is 2. The quantitative estimate of drug-likeness (QED) is 0.791. The number of thiophene rings is 1. The maximum absolute atomic E-state index is 11.8. The van der Waals surface area contributed by atoms with E-state index in [9.17, 15) is 4.79 Å². The third-order valence-corrected chi connectivity index (χ3v) is 4.82. The van der Waals surface area contributed by atoms with E-state index in [4.69, 9.17) is 4.74 Å². The van der Waals surface area contributed by atoms with Gasteiger partial charge in [0, 0.05) is 16.0 Å². The summed E-state index contributed by atoms with van der Waals surface area (Å²) in [6.45, 7) is 4.33. The second kappa shape index (κ2) is 4.89. The Balaban J connectivity index is 1.96. The van der Waals surface area contributed by atoms with E-state index in [1.807, 2.05) is 13.8 Å².